The highest BCUT2D eigenvalue weighted by Gasteiger charge is 2.35. The van der Waals surface area contributed by atoms with E-state index < -0.39 is 37.3 Å². The van der Waals surface area contributed by atoms with Crippen molar-refractivity contribution >= 4 is 17.0 Å². The smallest absolute Gasteiger partial charge is 0.167 e. The van der Waals surface area contributed by atoms with Crippen LogP contribution < -0.4 is 5.32 Å². The fraction of sp³-hybridized carbons (Fsp3) is 0.643. The summed E-state index contributed by atoms with van der Waals surface area (Å²) in [4.78, 5) is 12.5. The Bertz CT molecular complexity index is 712. The third-order valence-corrected chi connectivity index (χ3v) is 4.16. The van der Waals surface area contributed by atoms with Gasteiger partial charge in [0.2, 0.25) is 0 Å². The van der Waals surface area contributed by atoms with Crippen LogP contribution in [0, 0.1) is 0 Å². The minimum Gasteiger partial charge on any atom is -0.394 e. The predicted octanol–water partition coefficient (Wildman–Crippen LogP) is -2.41. The van der Waals surface area contributed by atoms with Gasteiger partial charge in [-0.15, -0.1) is 0 Å². The highest BCUT2D eigenvalue weighted by Crippen LogP contribution is 2.31. The first-order valence-electron chi connectivity index (χ1n) is 7.88. The molecule has 0 bridgehead atoms. The number of ether oxygens (including phenoxy) is 1. The number of rotatable bonds is 7. The van der Waals surface area contributed by atoms with Crippen LogP contribution in [0.3, 0.4) is 0 Å². The lowest BCUT2D eigenvalue weighted by molar-refractivity contribution is -0.0432. The summed E-state index contributed by atoms with van der Waals surface area (Å²) in [6.45, 7) is -0.868. The van der Waals surface area contributed by atoms with Crippen LogP contribution in [0.4, 0.5) is 5.82 Å². The monoisotopic (exact) mass is 355 g/mol. The lowest BCUT2D eigenvalue weighted by Gasteiger charge is -2.16. The molecular weight excluding hydrogens is 334 g/mol. The fourth-order valence-corrected chi connectivity index (χ4v) is 2.70. The molecule has 11 heteroatoms. The normalized spacial score (nSPS) is 26.0. The van der Waals surface area contributed by atoms with Gasteiger partial charge in [0.15, 0.2) is 17.0 Å². The van der Waals surface area contributed by atoms with E-state index in [2.05, 4.69) is 20.3 Å². The van der Waals surface area contributed by atoms with Crippen molar-refractivity contribution in [3.63, 3.8) is 0 Å². The van der Waals surface area contributed by atoms with E-state index >= 15 is 0 Å². The predicted molar refractivity (Wildman–Crippen MR) is 84.5 cm³/mol. The number of imidazole rings is 1. The molecule has 0 radical (unpaired) electrons. The van der Waals surface area contributed by atoms with Crippen molar-refractivity contribution in [2.75, 3.05) is 25.1 Å². The molecule has 1 fully saturated rings. The molecule has 0 saturated carbocycles. The highest BCUT2D eigenvalue weighted by molar-refractivity contribution is 5.82. The Kier molecular flexibility index (Phi) is 5.42. The van der Waals surface area contributed by atoms with Crippen LogP contribution in [0.15, 0.2) is 12.7 Å². The number of hydrogen-bond acceptors (Lipinski definition) is 10. The maximum Gasteiger partial charge on any atom is 0.167 e. The van der Waals surface area contributed by atoms with Crippen LogP contribution in [0.2, 0.25) is 0 Å². The minimum atomic E-state index is -1.26. The third kappa shape index (κ3) is 3.56. The molecule has 25 heavy (non-hydrogen) atoms. The van der Waals surface area contributed by atoms with Crippen molar-refractivity contribution < 1.29 is 30.3 Å². The van der Waals surface area contributed by atoms with Gasteiger partial charge in [-0.2, -0.15) is 0 Å². The second-order valence-electron chi connectivity index (χ2n) is 5.86. The van der Waals surface area contributed by atoms with Crippen LogP contribution in [0.5, 0.6) is 0 Å². The van der Waals surface area contributed by atoms with Crippen molar-refractivity contribution in [2.45, 2.75) is 37.1 Å². The zero-order valence-electron chi connectivity index (χ0n) is 13.3. The molecule has 3 heterocycles. The van der Waals surface area contributed by atoms with Gasteiger partial charge >= 0.3 is 0 Å². The van der Waals surface area contributed by atoms with Crippen LogP contribution in [0.25, 0.3) is 11.2 Å². The molecule has 1 saturated heterocycles. The van der Waals surface area contributed by atoms with Crippen LogP contribution in [-0.4, -0.2) is 89.2 Å². The number of aliphatic hydroxyl groups is 5. The van der Waals surface area contributed by atoms with Gasteiger partial charge in [0.1, 0.15) is 24.8 Å². The Morgan fingerprint density at radius 2 is 2.04 bits per heavy atom. The van der Waals surface area contributed by atoms with Crippen molar-refractivity contribution in [3.05, 3.63) is 12.7 Å². The molecule has 0 amide bonds. The topological polar surface area (TPSA) is 166 Å². The van der Waals surface area contributed by atoms with Crippen molar-refractivity contribution in [1.29, 1.82) is 0 Å². The molecule has 0 unspecified atom stereocenters. The van der Waals surface area contributed by atoms with Crippen LogP contribution >= 0.6 is 0 Å². The minimum absolute atomic E-state index is 0.0358. The molecule has 3 rings (SSSR count). The Hall–Kier alpha value is -1.89. The summed E-state index contributed by atoms with van der Waals surface area (Å²) >= 11 is 0. The van der Waals surface area contributed by atoms with E-state index in [1.54, 1.807) is 4.57 Å². The number of fused-ring (bicyclic) bond motifs is 1. The molecule has 6 N–H and O–H groups in total. The van der Waals surface area contributed by atoms with Gasteiger partial charge in [-0.25, -0.2) is 15.0 Å². The van der Waals surface area contributed by atoms with Gasteiger partial charge in [-0.3, -0.25) is 4.57 Å². The number of nitrogens with one attached hydrogen (secondary N) is 1. The molecule has 2 aromatic rings. The highest BCUT2D eigenvalue weighted by atomic mass is 16.5. The maximum atomic E-state index is 9.87. The summed E-state index contributed by atoms with van der Waals surface area (Å²) in [5.41, 5.74) is 0.893. The van der Waals surface area contributed by atoms with E-state index in [4.69, 9.17) is 9.84 Å². The lowest BCUT2D eigenvalue weighted by Crippen LogP contribution is -2.35. The summed E-state index contributed by atoms with van der Waals surface area (Å²) in [6.07, 6.45) is -1.26. The van der Waals surface area contributed by atoms with E-state index in [0.717, 1.165) is 0 Å². The molecule has 2 aromatic heterocycles. The van der Waals surface area contributed by atoms with E-state index in [9.17, 15) is 20.4 Å². The second kappa shape index (κ2) is 7.56. The average Bonchev–Trinajstić information content (AvgIpc) is 3.22. The number of aliphatic hydroxyl groups excluding tert-OH is 5. The summed E-state index contributed by atoms with van der Waals surface area (Å²) in [5, 5.41) is 49.8. The summed E-state index contributed by atoms with van der Waals surface area (Å²) in [5.74, 6) is 0.352. The number of hydrogen-bond donors (Lipinski definition) is 6. The Morgan fingerprint density at radius 1 is 1.24 bits per heavy atom. The molecule has 5 atom stereocenters. The van der Waals surface area contributed by atoms with Gasteiger partial charge in [0, 0.05) is 13.0 Å². The standard InChI is InChI=1S/C14H21N5O6/c20-3-9(24)8(23)2-15-13-12-14(17-5-16-13)19(6-18-12)11-1-7(22)10(4-21)25-11/h5-11,20-24H,1-4H2,(H,15,16,17)/t7-,8+,9+,10+,11+/m0/s1. The van der Waals surface area contributed by atoms with E-state index in [-0.39, 0.29) is 13.2 Å². The van der Waals surface area contributed by atoms with Gasteiger partial charge in [0.05, 0.1) is 31.7 Å². The molecule has 0 aromatic carbocycles. The first-order valence-corrected chi connectivity index (χ1v) is 7.88. The van der Waals surface area contributed by atoms with E-state index in [1.165, 1.54) is 12.7 Å². The summed E-state index contributed by atoms with van der Waals surface area (Å²) in [7, 11) is 0. The van der Waals surface area contributed by atoms with Crippen molar-refractivity contribution in [3.8, 4) is 0 Å². The van der Waals surface area contributed by atoms with Crippen molar-refractivity contribution in [2.24, 2.45) is 0 Å². The average molecular weight is 355 g/mol. The number of aromatic nitrogens is 4. The third-order valence-electron chi connectivity index (χ3n) is 4.16. The van der Waals surface area contributed by atoms with Crippen molar-refractivity contribution in [1.82, 2.24) is 19.5 Å². The molecule has 138 valence electrons. The first kappa shape index (κ1) is 17.9. The Labute approximate surface area is 142 Å². The summed E-state index contributed by atoms with van der Waals surface area (Å²) < 4.78 is 7.24. The molecular formula is C14H21N5O6. The number of nitrogens with zero attached hydrogens (tertiary/aromatic N) is 4. The zero-order chi connectivity index (χ0) is 18.0. The largest absolute Gasteiger partial charge is 0.394 e. The quantitative estimate of drug-likeness (QED) is 0.315. The first-order chi connectivity index (χ1) is 12.0. The Morgan fingerprint density at radius 3 is 2.72 bits per heavy atom. The lowest BCUT2D eigenvalue weighted by atomic mass is 10.2. The van der Waals surface area contributed by atoms with Gasteiger partial charge in [-0.05, 0) is 0 Å². The molecule has 1 aliphatic heterocycles. The van der Waals surface area contributed by atoms with Gasteiger partial charge in [-0.1, -0.05) is 0 Å². The Balaban J connectivity index is 1.79. The van der Waals surface area contributed by atoms with Gasteiger partial charge in [0.25, 0.3) is 0 Å². The zero-order valence-corrected chi connectivity index (χ0v) is 13.3. The van der Waals surface area contributed by atoms with E-state index in [1.807, 2.05) is 0 Å². The van der Waals surface area contributed by atoms with Gasteiger partial charge < -0.3 is 35.6 Å². The molecule has 0 aliphatic carbocycles. The molecule has 1 aliphatic rings. The maximum absolute atomic E-state index is 9.87. The SMILES string of the molecule is OC[C@@H](O)[C@H](O)CNc1ncnc2c1ncn2[C@H]1C[C@H](O)[C@@H](CO)O1. The fourth-order valence-electron chi connectivity index (χ4n) is 2.70. The van der Waals surface area contributed by atoms with E-state index in [0.29, 0.717) is 23.4 Å². The molecule has 0 spiro atoms. The summed E-state index contributed by atoms with van der Waals surface area (Å²) in [6, 6.07) is 0. The van der Waals surface area contributed by atoms with Crippen LogP contribution in [-0.2, 0) is 4.74 Å². The molecule has 11 nitrogen and oxygen atoms in total. The second-order valence-corrected chi connectivity index (χ2v) is 5.86. The van der Waals surface area contributed by atoms with Crippen LogP contribution in [0.1, 0.15) is 12.6 Å². The number of anilines is 1.